The van der Waals surface area contributed by atoms with E-state index in [1.54, 1.807) is 24.3 Å². The number of aromatic nitrogens is 1. The summed E-state index contributed by atoms with van der Waals surface area (Å²) >= 11 is 0. The van der Waals surface area contributed by atoms with E-state index in [9.17, 15) is 9.59 Å². The third-order valence-corrected chi connectivity index (χ3v) is 5.13. The Morgan fingerprint density at radius 3 is 2.57 bits per heavy atom. The molecule has 2 rings (SSSR count). The Kier molecular flexibility index (Phi) is 6.74. The molecule has 1 aliphatic carbocycles. The van der Waals surface area contributed by atoms with E-state index in [-0.39, 0.29) is 23.9 Å². The first-order valence-electron chi connectivity index (χ1n) is 9.53. The molecule has 0 spiro atoms. The van der Waals surface area contributed by atoms with E-state index in [2.05, 4.69) is 17.2 Å². The number of anilines is 1. The lowest BCUT2D eigenvalue weighted by atomic mass is 9.72. The van der Waals surface area contributed by atoms with Crippen molar-refractivity contribution in [3.8, 4) is 0 Å². The quantitative estimate of drug-likeness (QED) is 0.818. The van der Waals surface area contributed by atoms with E-state index < -0.39 is 17.8 Å². The molecule has 0 saturated heterocycles. The minimum atomic E-state index is -0.608. The fourth-order valence-corrected chi connectivity index (χ4v) is 4.09. The second-order valence-corrected chi connectivity index (χ2v) is 8.47. The van der Waals surface area contributed by atoms with Gasteiger partial charge >= 0.3 is 12.2 Å². The summed E-state index contributed by atoms with van der Waals surface area (Å²) in [5, 5.41) is 2.97. The van der Waals surface area contributed by atoms with Crippen LogP contribution in [0.1, 0.15) is 52.0 Å². The van der Waals surface area contributed by atoms with Gasteiger partial charge in [-0.25, -0.2) is 9.59 Å². The van der Waals surface area contributed by atoms with Gasteiger partial charge in [-0.2, -0.15) is 0 Å². The molecular formula is C20H32N4O4. The third kappa shape index (κ3) is 5.27. The molecule has 1 aliphatic rings. The highest BCUT2D eigenvalue weighted by atomic mass is 16.6. The van der Waals surface area contributed by atoms with Gasteiger partial charge < -0.3 is 25.4 Å². The predicted octanol–water partition coefficient (Wildman–Crippen LogP) is 3.14. The summed E-state index contributed by atoms with van der Waals surface area (Å²) < 4.78 is 10.3. The maximum atomic E-state index is 12.4. The smallest absolute Gasteiger partial charge is 0.409 e. The number of ether oxygens (including phenoxy) is 2. The Morgan fingerprint density at radius 1 is 1.32 bits per heavy atom. The van der Waals surface area contributed by atoms with E-state index in [0.717, 1.165) is 12.0 Å². The van der Waals surface area contributed by atoms with Crippen LogP contribution in [0.2, 0.25) is 0 Å². The number of carbonyl (C=O) groups excluding carboxylic acids is 2. The van der Waals surface area contributed by atoms with Crippen LogP contribution >= 0.6 is 0 Å². The molecule has 0 bridgehead atoms. The van der Waals surface area contributed by atoms with Gasteiger partial charge in [-0.1, -0.05) is 6.92 Å². The molecule has 8 nitrogen and oxygen atoms in total. The van der Waals surface area contributed by atoms with Crippen molar-refractivity contribution in [2.75, 3.05) is 19.9 Å². The van der Waals surface area contributed by atoms with Crippen molar-refractivity contribution in [2.45, 2.75) is 64.1 Å². The molecule has 0 aliphatic heterocycles. The van der Waals surface area contributed by atoms with Gasteiger partial charge in [-0.3, -0.25) is 4.98 Å². The van der Waals surface area contributed by atoms with Gasteiger partial charge in [-0.05, 0) is 57.1 Å². The molecule has 4 unspecified atom stereocenters. The molecule has 0 radical (unpaired) electrons. The first-order chi connectivity index (χ1) is 13.0. The van der Waals surface area contributed by atoms with Crippen molar-refractivity contribution in [1.29, 1.82) is 0 Å². The van der Waals surface area contributed by atoms with Gasteiger partial charge in [0.25, 0.3) is 0 Å². The molecule has 156 valence electrons. The van der Waals surface area contributed by atoms with E-state index in [1.807, 2.05) is 26.8 Å². The molecule has 2 amide bonds. The van der Waals surface area contributed by atoms with Gasteiger partial charge in [0, 0.05) is 13.2 Å². The zero-order valence-corrected chi connectivity index (χ0v) is 17.6. The molecule has 1 heterocycles. The highest BCUT2D eigenvalue weighted by Crippen LogP contribution is 2.40. The summed E-state index contributed by atoms with van der Waals surface area (Å²) in [7, 11) is 3.04. The normalized spacial score (nSPS) is 24.9. The fraction of sp³-hybridized carbons (Fsp3) is 0.650. The van der Waals surface area contributed by atoms with Gasteiger partial charge in [-0.15, -0.1) is 0 Å². The van der Waals surface area contributed by atoms with Crippen molar-refractivity contribution >= 4 is 17.9 Å². The maximum absolute atomic E-state index is 12.4. The number of carbonyl (C=O) groups is 2. The zero-order valence-electron chi connectivity index (χ0n) is 17.6. The first kappa shape index (κ1) is 21.8. The number of alkyl carbamates (subject to hydrolysis) is 1. The first-order valence-corrected chi connectivity index (χ1v) is 9.53. The summed E-state index contributed by atoms with van der Waals surface area (Å²) in [6.45, 7) is 7.51. The van der Waals surface area contributed by atoms with Crippen LogP contribution in [0.3, 0.4) is 0 Å². The SMILES string of the molecule is COC(=O)N(C)C1C(C)CC(c2ccncc2N)CC1NC(=O)OC(C)(C)C. The number of nitrogen functional groups attached to an aromatic ring is 1. The lowest BCUT2D eigenvalue weighted by Crippen LogP contribution is -2.58. The summed E-state index contributed by atoms with van der Waals surface area (Å²) in [4.78, 5) is 30.2. The number of rotatable bonds is 3. The Labute approximate surface area is 166 Å². The molecule has 28 heavy (non-hydrogen) atoms. The number of amides is 2. The molecule has 1 aromatic rings. The van der Waals surface area contributed by atoms with Crippen LogP contribution < -0.4 is 11.1 Å². The van der Waals surface area contributed by atoms with Crippen LogP contribution in [0.25, 0.3) is 0 Å². The summed E-state index contributed by atoms with van der Waals surface area (Å²) in [5.41, 5.74) is 7.17. The third-order valence-electron chi connectivity index (χ3n) is 5.13. The second-order valence-electron chi connectivity index (χ2n) is 8.47. The van der Waals surface area contributed by atoms with Crippen LogP contribution in [0, 0.1) is 5.92 Å². The molecule has 1 fully saturated rings. The molecule has 0 aromatic carbocycles. The molecule has 1 aromatic heterocycles. The predicted molar refractivity (Wildman–Crippen MR) is 107 cm³/mol. The van der Waals surface area contributed by atoms with Gasteiger partial charge in [0.2, 0.25) is 0 Å². The maximum Gasteiger partial charge on any atom is 0.409 e. The Bertz CT molecular complexity index is 704. The van der Waals surface area contributed by atoms with Gasteiger partial charge in [0.05, 0.1) is 31.1 Å². The standard InChI is InChI=1S/C20H32N4O4/c1-12-9-13(14-7-8-22-11-15(14)21)10-16(17(12)24(5)19(26)27-6)23-18(25)28-20(2,3)4/h7-8,11-13,16-17H,9-10,21H2,1-6H3,(H,23,25). The number of pyridine rings is 1. The van der Waals surface area contributed by atoms with Crippen molar-refractivity contribution in [3.05, 3.63) is 24.0 Å². The number of hydrogen-bond acceptors (Lipinski definition) is 6. The number of likely N-dealkylation sites (N-methyl/N-ethyl adjacent to an activating group) is 1. The molecule has 1 saturated carbocycles. The number of nitrogens with one attached hydrogen (secondary N) is 1. The number of hydrogen-bond donors (Lipinski definition) is 2. The molecule has 3 N–H and O–H groups in total. The van der Waals surface area contributed by atoms with Crippen LogP contribution in [0.4, 0.5) is 15.3 Å². The van der Waals surface area contributed by atoms with Crippen molar-refractivity contribution in [3.63, 3.8) is 0 Å². The van der Waals surface area contributed by atoms with E-state index >= 15 is 0 Å². The van der Waals surface area contributed by atoms with Gasteiger partial charge in [0.1, 0.15) is 5.60 Å². The number of nitrogens with two attached hydrogens (primary N) is 1. The minimum absolute atomic E-state index is 0.107. The minimum Gasteiger partial charge on any atom is -0.453 e. The molecule has 8 heteroatoms. The second kappa shape index (κ2) is 8.67. The Hall–Kier alpha value is -2.51. The van der Waals surface area contributed by atoms with E-state index in [0.29, 0.717) is 12.1 Å². The molecular weight excluding hydrogens is 360 g/mol. The van der Waals surface area contributed by atoms with Gasteiger partial charge in [0.15, 0.2) is 0 Å². The average Bonchev–Trinajstić information content (AvgIpc) is 2.58. The van der Waals surface area contributed by atoms with Crippen molar-refractivity contribution < 1.29 is 19.1 Å². The van der Waals surface area contributed by atoms with Crippen LogP contribution in [0.15, 0.2) is 18.5 Å². The molecule has 4 atom stereocenters. The Balaban J connectivity index is 2.29. The summed E-state index contributed by atoms with van der Waals surface area (Å²) in [5.74, 6) is 0.246. The number of methoxy groups -OCH3 is 1. The summed E-state index contributed by atoms with van der Waals surface area (Å²) in [6.07, 6.45) is 3.88. The lowest BCUT2D eigenvalue weighted by Gasteiger charge is -2.44. The van der Waals surface area contributed by atoms with E-state index in [4.69, 9.17) is 15.2 Å². The van der Waals surface area contributed by atoms with Crippen molar-refractivity contribution in [1.82, 2.24) is 15.2 Å². The highest BCUT2D eigenvalue weighted by molar-refractivity contribution is 5.70. The zero-order chi connectivity index (χ0) is 21.1. The average molecular weight is 393 g/mol. The summed E-state index contributed by atoms with van der Waals surface area (Å²) in [6, 6.07) is 1.39. The lowest BCUT2D eigenvalue weighted by molar-refractivity contribution is 0.0357. The topological polar surface area (TPSA) is 107 Å². The van der Waals surface area contributed by atoms with Crippen LogP contribution in [0.5, 0.6) is 0 Å². The van der Waals surface area contributed by atoms with Crippen LogP contribution in [-0.4, -0.2) is 53.9 Å². The van der Waals surface area contributed by atoms with Crippen molar-refractivity contribution in [2.24, 2.45) is 5.92 Å². The monoisotopic (exact) mass is 392 g/mol. The number of nitrogens with zero attached hydrogens (tertiary/aromatic N) is 2. The Morgan fingerprint density at radius 2 is 2.00 bits per heavy atom. The largest absolute Gasteiger partial charge is 0.453 e. The fourth-order valence-electron chi connectivity index (χ4n) is 4.09. The van der Waals surface area contributed by atoms with E-state index in [1.165, 1.54) is 7.11 Å². The highest BCUT2D eigenvalue weighted by Gasteiger charge is 2.42. The van der Waals surface area contributed by atoms with Crippen LogP contribution in [-0.2, 0) is 9.47 Å².